The van der Waals surface area contributed by atoms with Crippen molar-refractivity contribution in [1.82, 2.24) is 9.80 Å². The maximum atomic E-state index is 5.76. The van der Waals surface area contributed by atoms with Crippen LogP contribution in [0.5, 0.6) is 0 Å². The molecule has 0 aromatic rings. The molecule has 3 heteroatoms. The minimum absolute atomic E-state index is 0.361. The first kappa shape index (κ1) is 14.9. The molecule has 1 rings (SSSR count). The fraction of sp³-hybridized carbons (Fsp3) is 1.00. The summed E-state index contributed by atoms with van der Waals surface area (Å²) < 4.78 is 0. The molecule has 1 fully saturated rings. The van der Waals surface area contributed by atoms with Crippen molar-refractivity contribution in [3.8, 4) is 0 Å². The number of likely N-dealkylation sites (N-methyl/N-ethyl adjacent to an activating group) is 2. The van der Waals surface area contributed by atoms with Gasteiger partial charge in [-0.3, -0.25) is 0 Å². The summed E-state index contributed by atoms with van der Waals surface area (Å²) in [6.45, 7) is 4.53. The summed E-state index contributed by atoms with van der Waals surface area (Å²) in [7, 11) is 6.71. The summed E-state index contributed by atoms with van der Waals surface area (Å²) in [5.74, 6) is 0. The first-order valence-corrected chi connectivity index (χ1v) is 7.08. The highest BCUT2D eigenvalue weighted by molar-refractivity contribution is 4.97. The highest BCUT2D eigenvalue weighted by Gasteiger charge is 2.39. The molecule has 17 heavy (non-hydrogen) atoms. The van der Waals surface area contributed by atoms with Crippen molar-refractivity contribution < 1.29 is 0 Å². The Balaban J connectivity index is 2.17. The molecule has 0 aliphatic heterocycles. The van der Waals surface area contributed by atoms with Gasteiger partial charge in [-0.25, -0.2) is 0 Å². The fourth-order valence-electron chi connectivity index (χ4n) is 2.76. The van der Waals surface area contributed by atoms with Crippen LogP contribution in [0.4, 0.5) is 0 Å². The number of nitrogens with two attached hydrogens (primary N) is 1. The Morgan fingerprint density at radius 2 is 1.82 bits per heavy atom. The summed E-state index contributed by atoms with van der Waals surface area (Å²) in [5.41, 5.74) is 6.23. The van der Waals surface area contributed by atoms with Gasteiger partial charge in [0.05, 0.1) is 0 Å². The van der Waals surface area contributed by atoms with Gasteiger partial charge in [0.15, 0.2) is 0 Å². The minimum atomic E-state index is 0.361. The first-order valence-electron chi connectivity index (χ1n) is 7.08. The van der Waals surface area contributed by atoms with E-state index < -0.39 is 0 Å². The standard InChI is InChI=1S/C14H31N3/c1-13(15)8-5-6-11-17(4)12-14(16(2)3)9-7-10-14/h13H,5-12,15H2,1-4H3. The maximum absolute atomic E-state index is 5.76. The van der Waals surface area contributed by atoms with Gasteiger partial charge < -0.3 is 15.5 Å². The molecular weight excluding hydrogens is 210 g/mol. The maximum Gasteiger partial charge on any atom is 0.0330 e. The van der Waals surface area contributed by atoms with Crippen molar-refractivity contribution in [2.75, 3.05) is 34.2 Å². The van der Waals surface area contributed by atoms with Gasteiger partial charge in [0.1, 0.15) is 0 Å². The predicted molar refractivity (Wildman–Crippen MR) is 75.3 cm³/mol. The predicted octanol–water partition coefficient (Wildman–Crippen LogP) is 1.92. The molecule has 0 heterocycles. The highest BCUT2D eigenvalue weighted by Crippen LogP contribution is 2.36. The summed E-state index contributed by atoms with van der Waals surface area (Å²) in [6.07, 6.45) is 7.83. The lowest BCUT2D eigenvalue weighted by atomic mass is 9.75. The third kappa shape index (κ3) is 4.57. The van der Waals surface area contributed by atoms with Crippen molar-refractivity contribution >= 4 is 0 Å². The van der Waals surface area contributed by atoms with Crippen LogP contribution in [0, 0.1) is 0 Å². The molecule has 0 bridgehead atoms. The molecule has 0 radical (unpaired) electrons. The Kier molecular flexibility index (Phi) is 5.90. The number of unbranched alkanes of at least 4 members (excludes halogenated alkanes) is 1. The monoisotopic (exact) mass is 241 g/mol. The summed E-state index contributed by atoms with van der Waals surface area (Å²) in [4.78, 5) is 4.93. The van der Waals surface area contributed by atoms with Crippen LogP contribution in [0.25, 0.3) is 0 Å². The summed E-state index contributed by atoms with van der Waals surface area (Å²) >= 11 is 0. The molecule has 1 aliphatic carbocycles. The lowest BCUT2D eigenvalue weighted by molar-refractivity contribution is 0.0275. The van der Waals surface area contributed by atoms with Crippen molar-refractivity contribution in [3.05, 3.63) is 0 Å². The van der Waals surface area contributed by atoms with E-state index in [-0.39, 0.29) is 0 Å². The highest BCUT2D eigenvalue weighted by atomic mass is 15.2. The topological polar surface area (TPSA) is 32.5 Å². The minimum Gasteiger partial charge on any atom is -0.328 e. The SMILES string of the molecule is CC(N)CCCCN(C)CC1(N(C)C)CCC1. The second kappa shape index (κ2) is 6.72. The summed E-state index contributed by atoms with van der Waals surface area (Å²) in [5, 5.41) is 0. The van der Waals surface area contributed by atoms with Gasteiger partial charge in [-0.05, 0) is 66.7 Å². The Bertz CT molecular complexity index is 210. The van der Waals surface area contributed by atoms with E-state index in [9.17, 15) is 0 Å². The van der Waals surface area contributed by atoms with Crippen molar-refractivity contribution in [1.29, 1.82) is 0 Å². The Morgan fingerprint density at radius 3 is 2.24 bits per heavy atom. The number of nitrogens with zero attached hydrogens (tertiary/aromatic N) is 2. The lowest BCUT2D eigenvalue weighted by Gasteiger charge is -2.49. The van der Waals surface area contributed by atoms with Gasteiger partial charge in [-0.2, -0.15) is 0 Å². The smallest absolute Gasteiger partial charge is 0.0330 e. The van der Waals surface area contributed by atoms with Gasteiger partial charge in [-0.15, -0.1) is 0 Å². The van der Waals surface area contributed by atoms with Crippen molar-refractivity contribution in [3.63, 3.8) is 0 Å². The van der Waals surface area contributed by atoms with Crippen molar-refractivity contribution in [2.45, 2.75) is 57.0 Å². The van der Waals surface area contributed by atoms with E-state index in [1.807, 2.05) is 0 Å². The molecule has 0 spiro atoms. The van der Waals surface area contributed by atoms with E-state index in [0.29, 0.717) is 11.6 Å². The van der Waals surface area contributed by atoms with Crippen LogP contribution in [-0.2, 0) is 0 Å². The van der Waals surface area contributed by atoms with Gasteiger partial charge in [-0.1, -0.05) is 6.42 Å². The Hall–Kier alpha value is -0.120. The van der Waals surface area contributed by atoms with Crippen LogP contribution in [0.1, 0.15) is 45.4 Å². The second-order valence-corrected chi connectivity index (χ2v) is 6.18. The molecule has 1 saturated carbocycles. The molecule has 1 aliphatic rings. The van der Waals surface area contributed by atoms with Crippen LogP contribution in [0.3, 0.4) is 0 Å². The van der Waals surface area contributed by atoms with Gasteiger partial charge >= 0.3 is 0 Å². The lowest BCUT2D eigenvalue weighted by Crippen LogP contribution is -2.56. The molecule has 0 saturated heterocycles. The zero-order valence-corrected chi connectivity index (χ0v) is 12.2. The molecule has 0 amide bonds. The van der Waals surface area contributed by atoms with Crippen LogP contribution >= 0.6 is 0 Å². The van der Waals surface area contributed by atoms with Gasteiger partial charge in [0, 0.05) is 18.1 Å². The fourth-order valence-corrected chi connectivity index (χ4v) is 2.76. The van der Waals surface area contributed by atoms with Crippen molar-refractivity contribution in [2.24, 2.45) is 5.73 Å². The molecular formula is C14H31N3. The van der Waals surface area contributed by atoms with E-state index in [4.69, 9.17) is 5.73 Å². The van der Waals surface area contributed by atoms with Crippen LogP contribution in [0.2, 0.25) is 0 Å². The Morgan fingerprint density at radius 1 is 1.18 bits per heavy atom. The van der Waals surface area contributed by atoms with E-state index in [1.165, 1.54) is 45.2 Å². The average Bonchev–Trinajstić information content (AvgIpc) is 2.17. The van der Waals surface area contributed by atoms with E-state index in [1.54, 1.807) is 0 Å². The quantitative estimate of drug-likeness (QED) is 0.659. The third-order valence-electron chi connectivity index (χ3n) is 4.25. The van der Waals surface area contributed by atoms with Crippen LogP contribution in [-0.4, -0.2) is 55.6 Å². The molecule has 102 valence electrons. The van der Waals surface area contributed by atoms with E-state index in [2.05, 4.69) is 37.9 Å². The third-order valence-corrected chi connectivity index (χ3v) is 4.25. The number of hydrogen-bond acceptors (Lipinski definition) is 3. The van der Waals surface area contributed by atoms with E-state index in [0.717, 1.165) is 6.42 Å². The first-order chi connectivity index (χ1) is 7.96. The summed E-state index contributed by atoms with van der Waals surface area (Å²) in [6, 6.07) is 0.361. The Labute approximate surface area is 107 Å². The van der Waals surface area contributed by atoms with Crippen LogP contribution < -0.4 is 5.73 Å². The molecule has 1 unspecified atom stereocenters. The van der Waals surface area contributed by atoms with Crippen LogP contribution in [0.15, 0.2) is 0 Å². The number of rotatable bonds is 8. The zero-order chi connectivity index (χ0) is 12.9. The van der Waals surface area contributed by atoms with Gasteiger partial charge in [0.25, 0.3) is 0 Å². The molecule has 1 atom stereocenters. The largest absolute Gasteiger partial charge is 0.328 e. The molecule has 3 nitrogen and oxygen atoms in total. The second-order valence-electron chi connectivity index (χ2n) is 6.18. The average molecular weight is 241 g/mol. The van der Waals surface area contributed by atoms with Gasteiger partial charge in [0.2, 0.25) is 0 Å². The zero-order valence-electron chi connectivity index (χ0n) is 12.2. The molecule has 0 aromatic carbocycles. The normalized spacial score (nSPS) is 20.6. The molecule has 0 aromatic heterocycles. The molecule has 2 N–H and O–H groups in total. The van der Waals surface area contributed by atoms with E-state index >= 15 is 0 Å². The number of hydrogen-bond donors (Lipinski definition) is 1.